The van der Waals surface area contributed by atoms with Crippen LogP contribution in [-0.2, 0) is 0 Å². The van der Waals surface area contributed by atoms with E-state index >= 15 is 0 Å². The second kappa shape index (κ2) is 7.81. The lowest BCUT2D eigenvalue weighted by Crippen LogP contribution is -2.28. The summed E-state index contributed by atoms with van der Waals surface area (Å²) in [6, 6.07) is 6.69. The number of halogens is 1. The van der Waals surface area contributed by atoms with E-state index in [4.69, 9.17) is 11.6 Å². The molecule has 1 nitrogen and oxygen atoms in total. The van der Waals surface area contributed by atoms with Gasteiger partial charge in [0.2, 0.25) is 0 Å². The Morgan fingerprint density at radius 2 is 1.94 bits per heavy atom. The predicted octanol–water partition coefficient (Wildman–Crippen LogP) is 5.13. The Kier molecular flexibility index (Phi) is 6.73. The van der Waals surface area contributed by atoms with Gasteiger partial charge in [-0.3, -0.25) is 0 Å². The van der Waals surface area contributed by atoms with Gasteiger partial charge in [-0.25, -0.2) is 0 Å². The van der Waals surface area contributed by atoms with E-state index in [0.717, 1.165) is 11.6 Å². The maximum atomic E-state index is 6.05. The number of nitrogens with one attached hydrogen (secondary N) is 1. The van der Waals surface area contributed by atoms with Crippen molar-refractivity contribution in [2.45, 2.75) is 53.0 Å². The van der Waals surface area contributed by atoms with Crippen molar-refractivity contribution in [1.29, 1.82) is 0 Å². The highest BCUT2D eigenvalue weighted by Crippen LogP contribution is 2.29. The van der Waals surface area contributed by atoms with Gasteiger partial charge in [-0.05, 0) is 55.5 Å². The smallest absolute Gasteiger partial charge is 0.0408 e. The van der Waals surface area contributed by atoms with Crippen molar-refractivity contribution in [3.05, 3.63) is 34.3 Å². The fourth-order valence-corrected chi connectivity index (χ4v) is 2.75. The lowest BCUT2D eigenvalue weighted by atomic mass is 9.88. The topological polar surface area (TPSA) is 12.0 Å². The zero-order valence-corrected chi connectivity index (χ0v) is 12.8. The number of aryl methyl sites for hydroxylation is 1. The van der Waals surface area contributed by atoms with Gasteiger partial charge in [0, 0.05) is 11.1 Å². The molecule has 1 aromatic carbocycles. The van der Waals surface area contributed by atoms with Gasteiger partial charge >= 0.3 is 0 Å². The lowest BCUT2D eigenvalue weighted by molar-refractivity contribution is 0.362. The highest BCUT2D eigenvalue weighted by atomic mass is 35.5. The number of benzene rings is 1. The van der Waals surface area contributed by atoms with Crippen LogP contribution < -0.4 is 5.32 Å². The highest BCUT2D eigenvalue weighted by Gasteiger charge is 2.19. The minimum atomic E-state index is 0.446. The van der Waals surface area contributed by atoms with Crippen molar-refractivity contribution in [2.24, 2.45) is 5.92 Å². The third kappa shape index (κ3) is 4.29. The summed E-state index contributed by atoms with van der Waals surface area (Å²) in [5.41, 5.74) is 2.69. The van der Waals surface area contributed by atoms with E-state index in [1.54, 1.807) is 0 Å². The van der Waals surface area contributed by atoms with Crippen molar-refractivity contribution in [2.75, 3.05) is 6.54 Å². The normalized spacial score (nSPS) is 14.5. The molecule has 0 aromatic heterocycles. The molecule has 102 valence electrons. The van der Waals surface area contributed by atoms with Crippen LogP contribution in [0.25, 0.3) is 0 Å². The average molecular weight is 268 g/mol. The molecule has 0 aliphatic rings. The molecule has 0 radical (unpaired) electrons. The standard InChI is InChI=1S/C16H26ClN/c1-5-7-12(3)16(18-10-6-2)15-9-8-14(17)11-13(15)4/h8-9,11-12,16,18H,5-7,10H2,1-4H3. The van der Waals surface area contributed by atoms with Crippen LogP contribution in [-0.4, -0.2) is 6.54 Å². The zero-order chi connectivity index (χ0) is 13.5. The molecule has 0 aliphatic carbocycles. The Balaban J connectivity index is 2.93. The van der Waals surface area contributed by atoms with Gasteiger partial charge in [0.15, 0.2) is 0 Å². The molecule has 18 heavy (non-hydrogen) atoms. The van der Waals surface area contributed by atoms with Gasteiger partial charge in [0.25, 0.3) is 0 Å². The van der Waals surface area contributed by atoms with Gasteiger partial charge < -0.3 is 5.32 Å². The van der Waals surface area contributed by atoms with Crippen molar-refractivity contribution >= 4 is 11.6 Å². The first kappa shape index (κ1) is 15.5. The Labute approximate surface area is 117 Å². The summed E-state index contributed by atoms with van der Waals surface area (Å²) in [4.78, 5) is 0. The molecule has 0 saturated heterocycles. The van der Waals surface area contributed by atoms with Crippen LogP contribution in [0.1, 0.15) is 57.2 Å². The molecule has 0 heterocycles. The van der Waals surface area contributed by atoms with E-state index < -0.39 is 0 Å². The number of hydrogen-bond acceptors (Lipinski definition) is 1. The first-order valence-corrected chi connectivity index (χ1v) is 7.47. The molecule has 0 amide bonds. The summed E-state index contributed by atoms with van der Waals surface area (Å²) in [5, 5.41) is 4.51. The maximum Gasteiger partial charge on any atom is 0.0408 e. The molecule has 0 aliphatic heterocycles. The Morgan fingerprint density at radius 3 is 2.50 bits per heavy atom. The molecular weight excluding hydrogens is 242 g/mol. The zero-order valence-electron chi connectivity index (χ0n) is 12.1. The fourth-order valence-electron chi connectivity index (χ4n) is 2.53. The summed E-state index contributed by atoms with van der Waals surface area (Å²) in [6.07, 6.45) is 3.66. The summed E-state index contributed by atoms with van der Waals surface area (Å²) in [5.74, 6) is 0.654. The molecule has 2 atom stereocenters. The second-order valence-corrected chi connectivity index (χ2v) is 5.64. The quantitative estimate of drug-likeness (QED) is 0.723. The minimum absolute atomic E-state index is 0.446. The van der Waals surface area contributed by atoms with E-state index in [1.165, 1.54) is 30.4 Å². The van der Waals surface area contributed by atoms with Crippen molar-refractivity contribution in [1.82, 2.24) is 5.32 Å². The molecule has 2 unspecified atom stereocenters. The molecule has 2 heteroatoms. The molecule has 0 bridgehead atoms. The van der Waals surface area contributed by atoms with E-state index in [1.807, 2.05) is 6.07 Å². The Bertz CT molecular complexity index is 362. The summed E-state index contributed by atoms with van der Waals surface area (Å²) >= 11 is 6.05. The molecular formula is C16H26ClN. The van der Waals surface area contributed by atoms with Crippen LogP contribution in [0, 0.1) is 12.8 Å². The summed E-state index contributed by atoms with van der Waals surface area (Å²) in [7, 11) is 0. The lowest BCUT2D eigenvalue weighted by Gasteiger charge is -2.27. The molecule has 0 fully saturated rings. The van der Waals surface area contributed by atoms with Gasteiger partial charge in [-0.15, -0.1) is 0 Å². The van der Waals surface area contributed by atoms with Crippen LogP contribution in [0.3, 0.4) is 0 Å². The first-order chi connectivity index (χ1) is 8.60. The van der Waals surface area contributed by atoms with E-state index in [-0.39, 0.29) is 0 Å². The highest BCUT2D eigenvalue weighted by molar-refractivity contribution is 6.30. The number of hydrogen-bond donors (Lipinski definition) is 1. The van der Waals surface area contributed by atoms with Crippen molar-refractivity contribution < 1.29 is 0 Å². The van der Waals surface area contributed by atoms with Crippen LogP contribution in [0.2, 0.25) is 5.02 Å². The first-order valence-electron chi connectivity index (χ1n) is 7.09. The van der Waals surface area contributed by atoms with Gasteiger partial charge in [0.05, 0.1) is 0 Å². The second-order valence-electron chi connectivity index (χ2n) is 5.20. The van der Waals surface area contributed by atoms with Crippen LogP contribution in [0.5, 0.6) is 0 Å². The largest absolute Gasteiger partial charge is 0.310 e. The van der Waals surface area contributed by atoms with Crippen molar-refractivity contribution in [3.63, 3.8) is 0 Å². The van der Waals surface area contributed by atoms with Crippen LogP contribution >= 0.6 is 11.6 Å². The van der Waals surface area contributed by atoms with Crippen molar-refractivity contribution in [3.8, 4) is 0 Å². The monoisotopic (exact) mass is 267 g/mol. The SMILES string of the molecule is CCCNC(c1ccc(Cl)cc1C)C(C)CCC. The predicted molar refractivity (Wildman–Crippen MR) is 81.3 cm³/mol. The van der Waals surface area contributed by atoms with Crippen LogP contribution in [0.4, 0.5) is 0 Å². The molecule has 1 N–H and O–H groups in total. The molecule has 1 aromatic rings. The van der Waals surface area contributed by atoms with Gasteiger partial charge in [-0.2, -0.15) is 0 Å². The maximum absolute atomic E-state index is 6.05. The fraction of sp³-hybridized carbons (Fsp3) is 0.625. The third-order valence-corrected chi connectivity index (χ3v) is 3.73. The van der Waals surface area contributed by atoms with E-state index in [9.17, 15) is 0 Å². The Hall–Kier alpha value is -0.530. The van der Waals surface area contributed by atoms with Gasteiger partial charge in [-0.1, -0.05) is 44.9 Å². The minimum Gasteiger partial charge on any atom is -0.310 e. The molecule has 0 spiro atoms. The van der Waals surface area contributed by atoms with E-state index in [0.29, 0.717) is 12.0 Å². The third-order valence-electron chi connectivity index (χ3n) is 3.49. The van der Waals surface area contributed by atoms with Gasteiger partial charge in [0.1, 0.15) is 0 Å². The summed E-state index contributed by atoms with van der Waals surface area (Å²) < 4.78 is 0. The molecule has 0 saturated carbocycles. The summed E-state index contributed by atoms with van der Waals surface area (Å²) in [6.45, 7) is 10.0. The average Bonchev–Trinajstić information content (AvgIpc) is 2.32. The molecule has 1 rings (SSSR count). The van der Waals surface area contributed by atoms with Crippen LogP contribution in [0.15, 0.2) is 18.2 Å². The number of rotatable bonds is 7. The Morgan fingerprint density at radius 1 is 1.22 bits per heavy atom. The van der Waals surface area contributed by atoms with E-state index in [2.05, 4.69) is 45.1 Å².